The largest absolute Gasteiger partial charge is 0.298 e. The van der Waals surface area contributed by atoms with Gasteiger partial charge in [-0.2, -0.15) is 0 Å². The Labute approximate surface area is 78.1 Å². The predicted molar refractivity (Wildman–Crippen MR) is 56.4 cm³/mol. The van der Waals surface area contributed by atoms with Crippen LogP contribution in [0.5, 0.6) is 0 Å². The lowest BCUT2D eigenvalue weighted by Gasteiger charge is -2.43. The molecule has 0 amide bonds. The lowest BCUT2D eigenvalue weighted by molar-refractivity contribution is 0.0595. The maximum atomic E-state index is 2.44. The summed E-state index contributed by atoms with van der Waals surface area (Å²) in [6.45, 7) is 15.9. The van der Waals surface area contributed by atoms with E-state index in [1.54, 1.807) is 0 Å². The van der Waals surface area contributed by atoms with Crippen molar-refractivity contribution in [1.82, 2.24) is 4.90 Å². The highest BCUT2D eigenvalue weighted by Crippen LogP contribution is 2.27. The molecule has 0 unspecified atom stereocenters. The molecule has 74 valence electrons. The van der Waals surface area contributed by atoms with Crippen LogP contribution in [0.4, 0.5) is 0 Å². The van der Waals surface area contributed by atoms with Crippen LogP contribution >= 0.6 is 0 Å². The lowest BCUT2D eigenvalue weighted by atomic mass is 9.85. The second kappa shape index (κ2) is 3.37. The fourth-order valence-electron chi connectivity index (χ4n) is 1.16. The van der Waals surface area contributed by atoms with Crippen molar-refractivity contribution in [3.8, 4) is 0 Å². The van der Waals surface area contributed by atoms with Crippen molar-refractivity contribution < 1.29 is 0 Å². The Kier molecular flexibility index (Phi) is 3.36. The van der Waals surface area contributed by atoms with Gasteiger partial charge >= 0.3 is 0 Å². The highest BCUT2D eigenvalue weighted by atomic mass is 15.2. The average molecular weight is 171 g/mol. The average Bonchev–Trinajstić information content (AvgIpc) is 1.80. The smallest absolute Gasteiger partial charge is 0.0125 e. The monoisotopic (exact) mass is 171 g/mol. The Morgan fingerprint density at radius 1 is 0.917 bits per heavy atom. The van der Waals surface area contributed by atoms with Crippen LogP contribution in [-0.4, -0.2) is 23.5 Å². The van der Waals surface area contributed by atoms with Crippen LogP contribution in [0.1, 0.15) is 48.5 Å². The van der Waals surface area contributed by atoms with Gasteiger partial charge < -0.3 is 0 Å². The molecular formula is C11H25N. The molecule has 0 spiro atoms. The van der Waals surface area contributed by atoms with Gasteiger partial charge in [-0.25, -0.2) is 0 Å². The summed E-state index contributed by atoms with van der Waals surface area (Å²) < 4.78 is 0. The van der Waals surface area contributed by atoms with Crippen molar-refractivity contribution in [2.24, 2.45) is 5.41 Å². The first-order valence-electron chi connectivity index (χ1n) is 4.80. The molecular weight excluding hydrogens is 146 g/mol. The number of hydrogen-bond acceptors (Lipinski definition) is 1. The molecule has 0 heterocycles. The Hall–Kier alpha value is -0.0400. The van der Waals surface area contributed by atoms with Crippen LogP contribution in [0.15, 0.2) is 0 Å². The molecule has 0 bridgehead atoms. The Bertz CT molecular complexity index is 118. The van der Waals surface area contributed by atoms with Crippen LogP contribution in [0, 0.1) is 5.41 Å². The normalized spacial score (nSPS) is 16.8. The fourth-order valence-corrected chi connectivity index (χ4v) is 1.16. The quantitative estimate of drug-likeness (QED) is 0.586. The minimum absolute atomic E-state index is 0.271. The van der Waals surface area contributed by atoms with Gasteiger partial charge in [-0.15, -0.1) is 0 Å². The van der Waals surface area contributed by atoms with Gasteiger partial charge in [0.1, 0.15) is 0 Å². The SMILES string of the molecule is C[C@H](N(C)C(C)(C)C)C(C)(C)C. The molecule has 1 nitrogen and oxygen atoms in total. The van der Waals surface area contributed by atoms with Crippen molar-refractivity contribution in [1.29, 1.82) is 0 Å². The van der Waals surface area contributed by atoms with Gasteiger partial charge in [-0.1, -0.05) is 20.8 Å². The predicted octanol–water partition coefficient (Wildman–Crippen LogP) is 3.15. The Morgan fingerprint density at radius 3 is 1.33 bits per heavy atom. The van der Waals surface area contributed by atoms with Gasteiger partial charge in [0.15, 0.2) is 0 Å². The van der Waals surface area contributed by atoms with E-state index in [0.29, 0.717) is 11.5 Å². The zero-order valence-electron chi connectivity index (χ0n) is 10.0. The third-order valence-corrected chi connectivity index (χ3v) is 2.89. The van der Waals surface area contributed by atoms with Crippen LogP contribution < -0.4 is 0 Å². The van der Waals surface area contributed by atoms with Gasteiger partial charge in [0.25, 0.3) is 0 Å². The van der Waals surface area contributed by atoms with Gasteiger partial charge in [0, 0.05) is 11.6 Å². The van der Waals surface area contributed by atoms with E-state index in [1.807, 2.05) is 0 Å². The number of nitrogens with zero attached hydrogens (tertiary/aromatic N) is 1. The summed E-state index contributed by atoms with van der Waals surface area (Å²) in [4.78, 5) is 2.44. The van der Waals surface area contributed by atoms with E-state index in [4.69, 9.17) is 0 Å². The summed E-state index contributed by atoms with van der Waals surface area (Å²) in [5, 5.41) is 0. The van der Waals surface area contributed by atoms with E-state index in [-0.39, 0.29) is 5.54 Å². The van der Waals surface area contributed by atoms with E-state index >= 15 is 0 Å². The van der Waals surface area contributed by atoms with E-state index in [1.165, 1.54) is 0 Å². The fraction of sp³-hybridized carbons (Fsp3) is 1.00. The first-order chi connectivity index (χ1) is 5.07. The molecule has 0 saturated heterocycles. The second-order valence-electron chi connectivity index (χ2n) is 5.82. The van der Waals surface area contributed by atoms with Gasteiger partial charge in [0.05, 0.1) is 0 Å². The molecule has 0 aliphatic carbocycles. The molecule has 0 aromatic rings. The zero-order valence-corrected chi connectivity index (χ0v) is 10.0. The van der Waals surface area contributed by atoms with Crippen LogP contribution in [0.25, 0.3) is 0 Å². The molecule has 0 aromatic carbocycles. The molecule has 0 aromatic heterocycles. The van der Waals surface area contributed by atoms with Gasteiger partial charge in [-0.3, -0.25) is 4.90 Å². The molecule has 0 saturated carbocycles. The minimum Gasteiger partial charge on any atom is -0.298 e. The molecule has 0 aliphatic rings. The summed E-state index contributed by atoms with van der Waals surface area (Å²) >= 11 is 0. The molecule has 12 heavy (non-hydrogen) atoms. The van der Waals surface area contributed by atoms with Crippen LogP contribution in [0.3, 0.4) is 0 Å². The summed E-state index contributed by atoms with van der Waals surface area (Å²) in [7, 11) is 2.20. The minimum atomic E-state index is 0.271. The third-order valence-electron chi connectivity index (χ3n) is 2.89. The number of hydrogen-bond donors (Lipinski definition) is 0. The van der Waals surface area contributed by atoms with E-state index in [0.717, 1.165) is 0 Å². The molecule has 0 fully saturated rings. The summed E-state index contributed by atoms with van der Waals surface area (Å²) in [6, 6.07) is 0.609. The highest BCUT2D eigenvalue weighted by molar-refractivity contribution is 4.84. The van der Waals surface area contributed by atoms with Crippen molar-refractivity contribution in [2.45, 2.75) is 60.0 Å². The first kappa shape index (κ1) is 12.0. The van der Waals surface area contributed by atoms with Crippen molar-refractivity contribution >= 4 is 0 Å². The first-order valence-corrected chi connectivity index (χ1v) is 4.80. The highest BCUT2D eigenvalue weighted by Gasteiger charge is 2.29. The van der Waals surface area contributed by atoms with Crippen molar-refractivity contribution in [3.63, 3.8) is 0 Å². The Morgan fingerprint density at radius 2 is 1.25 bits per heavy atom. The van der Waals surface area contributed by atoms with Crippen LogP contribution in [0.2, 0.25) is 0 Å². The standard InChI is InChI=1S/C11H25N/c1-9(10(2,3)4)12(8)11(5,6)7/h9H,1-8H3/t9-/m0/s1. The molecule has 0 rings (SSSR count). The van der Waals surface area contributed by atoms with Crippen molar-refractivity contribution in [3.05, 3.63) is 0 Å². The summed E-state index contributed by atoms with van der Waals surface area (Å²) in [5.41, 5.74) is 0.634. The Balaban J connectivity index is 4.41. The number of rotatable bonds is 1. The molecule has 1 heteroatoms. The topological polar surface area (TPSA) is 3.24 Å². The lowest BCUT2D eigenvalue weighted by Crippen LogP contribution is -2.49. The van der Waals surface area contributed by atoms with E-state index in [9.17, 15) is 0 Å². The molecule has 1 atom stereocenters. The second-order valence-corrected chi connectivity index (χ2v) is 5.82. The summed E-state index contributed by atoms with van der Waals surface area (Å²) in [5.74, 6) is 0. The summed E-state index contributed by atoms with van der Waals surface area (Å²) in [6.07, 6.45) is 0. The van der Waals surface area contributed by atoms with Gasteiger partial charge in [-0.05, 0) is 40.2 Å². The molecule has 0 N–H and O–H groups in total. The van der Waals surface area contributed by atoms with Crippen molar-refractivity contribution in [2.75, 3.05) is 7.05 Å². The van der Waals surface area contributed by atoms with E-state index in [2.05, 4.69) is 60.4 Å². The molecule has 0 aliphatic heterocycles. The van der Waals surface area contributed by atoms with Gasteiger partial charge in [0.2, 0.25) is 0 Å². The zero-order chi connectivity index (χ0) is 10.2. The maximum Gasteiger partial charge on any atom is 0.0125 e. The molecule has 0 radical (unpaired) electrons. The maximum absolute atomic E-state index is 2.44. The van der Waals surface area contributed by atoms with Crippen LogP contribution in [-0.2, 0) is 0 Å². The van der Waals surface area contributed by atoms with E-state index < -0.39 is 0 Å². The third kappa shape index (κ3) is 3.14.